The Balaban J connectivity index is 2.53. The van der Waals surface area contributed by atoms with Gasteiger partial charge in [-0.25, -0.2) is 0 Å². The molecule has 1 aliphatic carbocycles. The summed E-state index contributed by atoms with van der Waals surface area (Å²) in [6.45, 7) is 3.71. The van der Waals surface area contributed by atoms with Gasteiger partial charge in [-0.15, -0.1) is 6.58 Å². The van der Waals surface area contributed by atoms with Gasteiger partial charge in [-0.05, 0) is 30.7 Å². The molecule has 0 radical (unpaired) electrons. The minimum absolute atomic E-state index is 0.224. The Morgan fingerprint density at radius 1 is 1.50 bits per heavy atom. The molecule has 0 spiro atoms. The molecule has 0 unspecified atom stereocenters. The molecular weight excluding hydrogens is 150 g/mol. The van der Waals surface area contributed by atoms with Crippen LogP contribution in [0.25, 0.3) is 10.4 Å². The highest BCUT2D eigenvalue weighted by molar-refractivity contribution is 4.85. The molecule has 0 aromatic carbocycles. The fourth-order valence-corrected chi connectivity index (χ4v) is 1.90. The number of hydrogen-bond acceptors (Lipinski definition) is 1. The summed E-state index contributed by atoms with van der Waals surface area (Å²) in [5.74, 6) is 0.548. The van der Waals surface area contributed by atoms with E-state index >= 15 is 0 Å². The monoisotopic (exact) mass is 165 g/mol. The lowest BCUT2D eigenvalue weighted by Crippen LogP contribution is -2.21. The van der Waals surface area contributed by atoms with Gasteiger partial charge in [-0.3, -0.25) is 0 Å². The van der Waals surface area contributed by atoms with Crippen LogP contribution >= 0.6 is 0 Å². The van der Waals surface area contributed by atoms with Crippen LogP contribution in [0.1, 0.15) is 32.1 Å². The second kappa shape index (κ2) is 4.83. The molecule has 1 saturated carbocycles. The lowest BCUT2D eigenvalue weighted by molar-refractivity contribution is 0.310. The molecule has 0 heterocycles. The van der Waals surface area contributed by atoms with Crippen molar-refractivity contribution in [2.45, 2.75) is 38.1 Å². The van der Waals surface area contributed by atoms with Crippen LogP contribution in [-0.4, -0.2) is 6.04 Å². The Morgan fingerprint density at radius 2 is 2.25 bits per heavy atom. The summed E-state index contributed by atoms with van der Waals surface area (Å²) < 4.78 is 0. The van der Waals surface area contributed by atoms with E-state index in [9.17, 15) is 0 Å². The van der Waals surface area contributed by atoms with Crippen molar-refractivity contribution in [1.29, 1.82) is 0 Å². The summed E-state index contributed by atoms with van der Waals surface area (Å²) in [6.07, 6.45) is 7.64. The highest BCUT2D eigenvalue weighted by Crippen LogP contribution is 2.29. The fraction of sp³-hybridized carbons (Fsp3) is 0.778. The number of azide groups is 1. The molecule has 66 valence electrons. The van der Waals surface area contributed by atoms with Crippen molar-refractivity contribution in [1.82, 2.24) is 0 Å². The Bertz CT molecular complexity index is 194. The molecule has 0 aromatic heterocycles. The van der Waals surface area contributed by atoms with Crippen LogP contribution in [0.5, 0.6) is 0 Å². The maximum absolute atomic E-state index is 8.34. The van der Waals surface area contributed by atoms with Crippen molar-refractivity contribution in [3.8, 4) is 0 Å². The number of nitrogens with zero attached hydrogens (tertiary/aromatic N) is 3. The first kappa shape index (κ1) is 9.14. The van der Waals surface area contributed by atoms with Gasteiger partial charge < -0.3 is 0 Å². The third kappa shape index (κ3) is 2.28. The first-order valence-electron chi connectivity index (χ1n) is 4.53. The van der Waals surface area contributed by atoms with Crippen LogP contribution in [0.4, 0.5) is 0 Å². The summed E-state index contributed by atoms with van der Waals surface area (Å²) >= 11 is 0. The highest BCUT2D eigenvalue weighted by Gasteiger charge is 2.22. The van der Waals surface area contributed by atoms with Gasteiger partial charge in [-0.2, -0.15) is 0 Å². The minimum atomic E-state index is 0.224. The van der Waals surface area contributed by atoms with Gasteiger partial charge >= 0.3 is 0 Å². The minimum Gasteiger partial charge on any atom is -0.103 e. The van der Waals surface area contributed by atoms with E-state index < -0.39 is 0 Å². The normalized spacial score (nSPS) is 29.0. The van der Waals surface area contributed by atoms with Crippen LogP contribution in [0, 0.1) is 5.92 Å². The van der Waals surface area contributed by atoms with E-state index in [4.69, 9.17) is 5.53 Å². The number of rotatable bonds is 3. The maximum atomic E-state index is 8.34. The van der Waals surface area contributed by atoms with Crippen molar-refractivity contribution in [3.05, 3.63) is 23.1 Å². The smallest absolute Gasteiger partial charge is 0.0405 e. The van der Waals surface area contributed by atoms with E-state index in [0.717, 1.165) is 12.8 Å². The molecule has 1 fully saturated rings. The Morgan fingerprint density at radius 3 is 2.92 bits per heavy atom. The van der Waals surface area contributed by atoms with E-state index in [1.165, 1.54) is 19.3 Å². The Labute approximate surface area is 73.1 Å². The Hall–Kier alpha value is -0.950. The summed E-state index contributed by atoms with van der Waals surface area (Å²) in [5, 5.41) is 3.82. The van der Waals surface area contributed by atoms with E-state index in [1.807, 2.05) is 6.08 Å². The van der Waals surface area contributed by atoms with Crippen molar-refractivity contribution in [2.24, 2.45) is 11.0 Å². The number of allylic oxidation sites excluding steroid dienone is 1. The van der Waals surface area contributed by atoms with Gasteiger partial charge in [0.1, 0.15) is 0 Å². The van der Waals surface area contributed by atoms with E-state index in [-0.39, 0.29) is 6.04 Å². The maximum Gasteiger partial charge on any atom is 0.0405 e. The average molecular weight is 165 g/mol. The van der Waals surface area contributed by atoms with Crippen molar-refractivity contribution in [3.63, 3.8) is 0 Å². The summed E-state index contributed by atoms with van der Waals surface area (Å²) in [5.41, 5.74) is 8.34. The van der Waals surface area contributed by atoms with Crippen molar-refractivity contribution in [2.75, 3.05) is 0 Å². The van der Waals surface area contributed by atoms with Gasteiger partial charge in [0, 0.05) is 11.0 Å². The van der Waals surface area contributed by atoms with E-state index in [1.54, 1.807) is 0 Å². The standard InChI is InChI=1S/C9H15N3/c1-2-5-8-6-3-4-7-9(8)11-12-10/h2,8-9H,1,3-7H2/t8-,9+/m0/s1. The molecule has 2 atom stereocenters. The van der Waals surface area contributed by atoms with Crippen molar-refractivity contribution < 1.29 is 0 Å². The zero-order valence-corrected chi connectivity index (χ0v) is 7.32. The zero-order valence-electron chi connectivity index (χ0n) is 7.32. The lowest BCUT2D eigenvalue weighted by atomic mass is 9.83. The predicted octanol–water partition coefficient (Wildman–Crippen LogP) is 3.43. The topological polar surface area (TPSA) is 48.8 Å². The summed E-state index contributed by atoms with van der Waals surface area (Å²) in [4.78, 5) is 2.88. The summed E-state index contributed by atoms with van der Waals surface area (Å²) in [6, 6.07) is 0.224. The van der Waals surface area contributed by atoms with E-state index in [2.05, 4.69) is 16.6 Å². The van der Waals surface area contributed by atoms with E-state index in [0.29, 0.717) is 5.92 Å². The fourth-order valence-electron chi connectivity index (χ4n) is 1.90. The molecule has 0 N–H and O–H groups in total. The molecule has 1 aliphatic rings. The zero-order chi connectivity index (χ0) is 8.81. The SMILES string of the molecule is C=CC[C@H]1CCCC[C@H]1N=[N+]=[N-]. The largest absolute Gasteiger partial charge is 0.103 e. The molecule has 0 aliphatic heterocycles. The second-order valence-electron chi connectivity index (χ2n) is 3.34. The third-order valence-corrected chi connectivity index (χ3v) is 2.54. The summed E-state index contributed by atoms with van der Waals surface area (Å²) in [7, 11) is 0. The molecule has 0 saturated heterocycles. The van der Waals surface area contributed by atoms with Gasteiger partial charge in [0.15, 0.2) is 0 Å². The van der Waals surface area contributed by atoms with Gasteiger partial charge in [0.05, 0.1) is 0 Å². The molecule has 3 nitrogen and oxygen atoms in total. The molecule has 3 heteroatoms. The predicted molar refractivity (Wildman–Crippen MR) is 49.7 cm³/mol. The molecule has 0 aromatic rings. The molecule has 1 rings (SSSR count). The van der Waals surface area contributed by atoms with Crippen molar-refractivity contribution >= 4 is 0 Å². The Kier molecular flexibility index (Phi) is 3.68. The second-order valence-corrected chi connectivity index (χ2v) is 3.34. The van der Waals surface area contributed by atoms with Crippen LogP contribution in [0.2, 0.25) is 0 Å². The van der Waals surface area contributed by atoms with Gasteiger partial charge in [-0.1, -0.05) is 24.0 Å². The number of hydrogen-bond donors (Lipinski definition) is 0. The lowest BCUT2D eigenvalue weighted by Gasteiger charge is -2.26. The van der Waals surface area contributed by atoms with Crippen LogP contribution < -0.4 is 0 Å². The molecular formula is C9H15N3. The molecule has 12 heavy (non-hydrogen) atoms. The third-order valence-electron chi connectivity index (χ3n) is 2.54. The average Bonchev–Trinajstić information content (AvgIpc) is 2.09. The molecule has 0 amide bonds. The van der Waals surface area contributed by atoms with Gasteiger partial charge in [0.25, 0.3) is 0 Å². The first-order chi connectivity index (χ1) is 5.88. The quantitative estimate of drug-likeness (QED) is 0.266. The van der Waals surface area contributed by atoms with Crippen LogP contribution in [0.15, 0.2) is 17.8 Å². The highest BCUT2D eigenvalue weighted by atomic mass is 15.1. The van der Waals surface area contributed by atoms with Crippen LogP contribution in [-0.2, 0) is 0 Å². The van der Waals surface area contributed by atoms with Gasteiger partial charge in [0.2, 0.25) is 0 Å². The molecule has 0 bridgehead atoms. The first-order valence-corrected chi connectivity index (χ1v) is 4.53. The van der Waals surface area contributed by atoms with Crippen LogP contribution in [0.3, 0.4) is 0 Å².